The van der Waals surface area contributed by atoms with Crippen molar-refractivity contribution in [3.63, 3.8) is 0 Å². The zero-order valence-corrected chi connectivity index (χ0v) is 23.7. The molecule has 0 saturated heterocycles. The molecule has 0 fully saturated rings. The average Bonchev–Trinajstić information content (AvgIpc) is 2.99. The molecule has 0 amide bonds. The van der Waals surface area contributed by atoms with Gasteiger partial charge in [-0.25, -0.2) is 0 Å². The summed E-state index contributed by atoms with van der Waals surface area (Å²) in [6.45, 7) is 2.17. The van der Waals surface area contributed by atoms with E-state index in [4.69, 9.17) is 0 Å². The quantitative estimate of drug-likeness (QED) is 0.143. The van der Waals surface area contributed by atoms with Crippen LogP contribution in [0, 0.1) is 6.92 Å². The Balaban J connectivity index is 1.52. The molecule has 8 rings (SSSR count). The van der Waals surface area contributed by atoms with Crippen LogP contribution in [0.5, 0.6) is 0 Å². The SMILES string of the molecule is Cc1cccc(-c2c3ccccc3c(-c3cccc4c3ccc3c(Br)c5ccccc5cc34)c3ccccc23)c1. The van der Waals surface area contributed by atoms with E-state index in [-0.39, 0.29) is 0 Å². The molecule has 0 bridgehead atoms. The van der Waals surface area contributed by atoms with Crippen molar-refractivity contribution in [2.45, 2.75) is 6.92 Å². The molecule has 0 unspecified atom stereocenters. The summed E-state index contributed by atoms with van der Waals surface area (Å²) in [5.41, 5.74) is 6.41. The molecule has 0 nitrogen and oxygen atoms in total. The number of hydrogen-bond donors (Lipinski definition) is 0. The standard InChI is InChI=1S/C39H25Br/c1-24-10-8-12-26(22-24)37-31-14-4-6-16-33(31)38(34-17-7-5-15-32(34)37)30-19-9-18-28-29(30)20-21-35-36(28)23-25-11-2-3-13-27(25)39(35)40/h2-23H,1H3. The Morgan fingerprint density at radius 3 is 1.68 bits per heavy atom. The molecule has 40 heavy (non-hydrogen) atoms. The topological polar surface area (TPSA) is 0 Å². The lowest BCUT2D eigenvalue weighted by molar-refractivity contribution is 1.47. The van der Waals surface area contributed by atoms with Gasteiger partial charge in [0.15, 0.2) is 0 Å². The number of aryl methyl sites for hydroxylation is 1. The van der Waals surface area contributed by atoms with Crippen LogP contribution >= 0.6 is 15.9 Å². The molecule has 0 N–H and O–H groups in total. The first kappa shape index (κ1) is 23.4. The molecule has 0 aliphatic carbocycles. The van der Waals surface area contributed by atoms with E-state index < -0.39 is 0 Å². The van der Waals surface area contributed by atoms with Gasteiger partial charge in [0, 0.05) is 4.47 Å². The minimum absolute atomic E-state index is 1.16. The van der Waals surface area contributed by atoms with Gasteiger partial charge in [0.25, 0.3) is 0 Å². The first-order chi connectivity index (χ1) is 19.7. The molecule has 188 valence electrons. The van der Waals surface area contributed by atoms with Gasteiger partial charge in [-0.05, 0) is 105 Å². The fourth-order valence-corrected chi connectivity index (χ4v) is 7.31. The number of benzene rings is 8. The Morgan fingerprint density at radius 2 is 0.975 bits per heavy atom. The molecular formula is C39H25Br. The fraction of sp³-hybridized carbons (Fsp3) is 0.0256. The maximum Gasteiger partial charge on any atom is 0.0332 e. The van der Waals surface area contributed by atoms with Crippen molar-refractivity contribution in [3.05, 3.63) is 143 Å². The van der Waals surface area contributed by atoms with Gasteiger partial charge in [-0.15, -0.1) is 0 Å². The van der Waals surface area contributed by atoms with Gasteiger partial charge >= 0.3 is 0 Å². The van der Waals surface area contributed by atoms with Crippen molar-refractivity contribution in [3.8, 4) is 22.3 Å². The van der Waals surface area contributed by atoms with Gasteiger partial charge in [0.05, 0.1) is 0 Å². The molecule has 0 atom stereocenters. The van der Waals surface area contributed by atoms with E-state index in [2.05, 4.69) is 156 Å². The maximum atomic E-state index is 3.93. The summed E-state index contributed by atoms with van der Waals surface area (Å²) in [5.74, 6) is 0. The molecule has 1 heteroatoms. The van der Waals surface area contributed by atoms with Crippen molar-refractivity contribution >= 4 is 69.8 Å². The van der Waals surface area contributed by atoms with Crippen LogP contribution < -0.4 is 0 Å². The van der Waals surface area contributed by atoms with E-state index in [9.17, 15) is 0 Å². The summed E-state index contributed by atoms with van der Waals surface area (Å²) in [4.78, 5) is 0. The maximum absolute atomic E-state index is 3.93. The van der Waals surface area contributed by atoms with Crippen LogP contribution in [0.15, 0.2) is 138 Å². The number of halogens is 1. The highest BCUT2D eigenvalue weighted by Gasteiger charge is 2.18. The van der Waals surface area contributed by atoms with Gasteiger partial charge in [-0.2, -0.15) is 0 Å². The van der Waals surface area contributed by atoms with Crippen LogP contribution in [-0.2, 0) is 0 Å². The predicted molar refractivity (Wildman–Crippen MR) is 177 cm³/mol. The van der Waals surface area contributed by atoms with Crippen molar-refractivity contribution in [1.82, 2.24) is 0 Å². The number of fused-ring (bicyclic) bond motifs is 6. The highest BCUT2D eigenvalue weighted by Crippen LogP contribution is 2.46. The second kappa shape index (κ2) is 9.05. The van der Waals surface area contributed by atoms with Gasteiger partial charge in [-0.1, -0.05) is 133 Å². The van der Waals surface area contributed by atoms with E-state index in [0.29, 0.717) is 0 Å². The lowest BCUT2D eigenvalue weighted by Crippen LogP contribution is -1.92. The predicted octanol–water partition coefficient (Wildman–Crippen LogP) is 11.9. The molecule has 0 aromatic heterocycles. The molecule has 0 saturated carbocycles. The van der Waals surface area contributed by atoms with E-state index in [0.717, 1.165) is 4.47 Å². The zero-order chi connectivity index (χ0) is 26.8. The summed E-state index contributed by atoms with van der Waals surface area (Å²) in [7, 11) is 0. The molecule has 8 aromatic rings. The third kappa shape index (κ3) is 3.44. The van der Waals surface area contributed by atoms with Crippen LogP contribution in [0.4, 0.5) is 0 Å². The largest absolute Gasteiger partial charge is 0.0616 e. The van der Waals surface area contributed by atoms with E-state index in [1.54, 1.807) is 0 Å². The van der Waals surface area contributed by atoms with Crippen molar-refractivity contribution in [2.24, 2.45) is 0 Å². The van der Waals surface area contributed by atoms with Crippen LogP contribution in [0.1, 0.15) is 5.56 Å². The second-order valence-corrected chi connectivity index (χ2v) is 11.5. The molecule has 0 radical (unpaired) electrons. The van der Waals surface area contributed by atoms with Crippen LogP contribution in [0.3, 0.4) is 0 Å². The average molecular weight is 574 g/mol. The Kier molecular flexibility index (Phi) is 5.30. The first-order valence-electron chi connectivity index (χ1n) is 13.7. The number of rotatable bonds is 2. The summed E-state index contributed by atoms with van der Waals surface area (Å²) in [6, 6.07) is 49.1. The van der Waals surface area contributed by atoms with Gasteiger partial charge in [0.1, 0.15) is 0 Å². The minimum atomic E-state index is 1.16. The van der Waals surface area contributed by atoms with E-state index >= 15 is 0 Å². The van der Waals surface area contributed by atoms with E-state index in [1.165, 1.54) is 81.7 Å². The summed E-state index contributed by atoms with van der Waals surface area (Å²) < 4.78 is 1.16. The van der Waals surface area contributed by atoms with Crippen molar-refractivity contribution in [1.29, 1.82) is 0 Å². The number of hydrogen-bond acceptors (Lipinski definition) is 0. The van der Waals surface area contributed by atoms with Crippen LogP contribution in [0.2, 0.25) is 0 Å². The monoisotopic (exact) mass is 572 g/mol. The second-order valence-electron chi connectivity index (χ2n) is 10.7. The molecule has 8 aromatic carbocycles. The summed E-state index contributed by atoms with van der Waals surface area (Å²) >= 11 is 3.93. The third-order valence-corrected chi connectivity index (χ3v) is 9.20. The molecule has 0 aliphatic heterocycles. The zero-order valence-electron chi connectivity index (χ0n) is 22.1. The highest BCUT2D eigenvalue weighted by atomic mass is 79.9. The van der Waals surface area contributed by atoms with E-state index in [1.807, 2.05) is 0 Å². The Hall–Kier alpha value is -4.46. The minimum Gasteiger partial charge on any atom is -0.0616 e. The van der Waals surface area contributed by atoms with Crippen LogP contribution in [-0.4, -0.2) is 0 Å². The fourth-order valence-electron chi connectivity index (χ4n) is 6.60. The Bertz CT molecular complexity index is 2230. The Labute approximate surface area is 241 Å². The van der Waals surface area contributed by atoms with Gasteiger partial charge in [0.2, 0.25) is 0 Å². The van der Waals surface area contributed by atoms with Crippen LogP contribution in [0.25, 0.3) is 76.1 Å². The van der Waals surface area contributed by atoms with Crippen molar-refractivity contribution < 1.29 is 0 Å². The smallest absolute Gasteiger partial charge is 0.0332 e. The highest BCUT2D eigenvalue weighted by molar-refractivity contribution is 9.10. The lowest BCUT2D eigenvalue weighted by atomic mass is 9.84. The molecule has 0 spiro atoms. The molecular weight excluding hydrogens is 548 g/mol. The normalized spacial score (nSPS) is 11.8. The third-order valence-electron chi connectivity index (χ3n) is 8.34. The first-order valence-corrected chi connectivity index (χ1v) is 14.5. The van der Waals surface area contributed by atoms with Gasteiger partial charge < -0.3 is 0 Å². The lowest BCUT2D eigenvalue weighted by Gasteiger charge is -2.19. The molecule has 0 aliphatic rings. The molecule has 0 heterocycles. The van der Waals surface area contributed by atoms with Gasteiger partial charge in [-0.3, -0.25) is 0 Å². The summed E-state index contributed by atoms with van der Waals surface area (Å²) in [5, 5.41) is 12.7. The Morgan fingerprint density at radius 1 is 0.400 bits per heavy atom. The summed E-state index contributed by atoms with van der Waals surface area (Å²) in [6.07, 6.45) is 0. The van der Waals surface area contributed by atoms with Crippen molar-refractivity contribution in [2.75, 3.05) is 0 Å².